The van der Waals surface area contributed by atoms with E-state index >= 15 is 0 Å². The van der Waals surface area contributed by atoms with Crippen molar-refractivity contribution in [3.05, 3.63) is 32.5 Å². The fraction of sp³-hybridized carbons (Fsp3) is 0.125. The monoisotopic (exact) mass is 250 g/mol. The van der Waals surface area contributed by atoms with Crippen LogP contribution < -0.4 is 0 Å². The van der Waals surface area contributed by atoms with Crippen molar-refractivity contribution < 1.29 is 9.18 Å². The first-order valence-electron chi connectivity index (χ1n) is 3.17. The van der Waals surface area contributed by atoms with Crippen molar-refractivity contribution in [2.45, 2.75) is 6.92 Å². The Hall–Kier alpha value is -0.410. The number of carbonyl (C=O) groups excluding carboxylic acids is 1. The quantitative estimate of drug-likeness (QED) is 0.552. The van der Waals surface area contributed by atoms with Gasteiger partial charge in [-0.05, 0) is 34.5 Å². The molecule has 0 N–H and O–H groups in total. The van der Waals surface area contributed by atoms with E-state index in [1.165, 1.54) is 6.07 Å². The number of aldehydes is 1. The van der Waals surface area contributed by atoms with Crippen molar-refractivity contribution in [1.29, 1.82) is 0 Å². The zero-order valence-electron chi connectivity index (χ0n) is 6.20. The Morgan fingerprint density at radius 3 is 2.75 bits per heavy atom. The van der Waals surface area contributed by atoms with Crippen LogP contribution in [0.4, 0.5) is 4.39 Å². The summed E-state index contributed by atoms with van der Waals surface area (Å²) in [4.78, 5) is 10.4. The van der Waals surface area contributed by atoms with Gasteiger partial charge in [0.1, 0.15) is 5.82 Å². The fourth-order valence-corrected chi connectivity index (χ4v) is 1.60. The van der Waals surface area contributed by atoms with Gasteiger partial charge in [0, 0.05) is 0 Å². The molecule has 0 aromatic heterocycles. The molecule has 1 aromatic rings. The van der Waals surface area contributed by atoms with Crippen LogP contribution in [0, 0.1) is 12.7 Å². The minimum atomic E-state index is -0.611. The van der Waals surface area contributed by atoms with Crippen molar-refractivity contribution in [1.82, 2.24) is 0 Å². The topological polar surface area (TPSA) is 17.1 Å². The van der Waals surface area contributed by atoms with E-state index in [4.69, 9.17) is 11.6 Å². The lowest BCUT2D eigenvalue weighted by atomic mass is 10.1. The number of rotatable bonds is 1. The van der Waals surface area contributed by atoms with E-state index in [0.29, 0.717) is 11.8 Å². The van der Waals surface area contributed by atoms with Crippen LogP contribution in [0.2, 0.25) is 5.02 Å². The number of benzene rings is 1. The molecule has 0 saturated carbocycles. The van der Waals surface area contributed by atoms with Gasteiger partial charge in [-0.25, -0.2) is 4.39 Å². The van der Waals surface area contributed by atoms with Crippen LogP contribution in [0.5, 0.6) is 0 Å². The summed E-state index contributed by atoms with van der Waals surface area (Å²) in [6, 6.07) is 1.53. The van der Waals surface area contributed by atoms with Crippen molar-refractivity contribution >= 4 is 33.8 Å². The second-order valence-corrected chi connectivity index (χ2v) is 3.57. The molecule has 0 heterocycles. The molecule has 1 rings (SSSR count). The molecular weight excluding hydrogens is 246 g/mol. The summed E-state index contributed by atoms with van der Waals surface area (Å²) >= 11 is 8.66. The van der Waals surface area contributed by atoms with Gasteiger partial charge in [-0.3, -0.25) is 4.79 Å². The van der Waals surface area contributed by atoms with E-state index in [0.717, 1.165) is 0 Å². The highest BCUT2D eigenvalue weighted by Crippen LogP contribution is 2.27. The molecule has 0 atom stereocenters. The summed E-state index contributed by atoms with van der Waals surface area (Å²) < 4.78 is 13.3. The molecular formula is C8H5BrClFO. The Balaban J connectivity index is 3.52. The standard InChI is InChI=1S/C8H5BrClFO/c1-4-2-6(9)8(11)5(3-12)7(4)10/h2-3H,1H3. The lowest BCUT2D eigenvalue weighted by molar-refractivity contribution is 0.111. The number of aryl methyl sites for hydroxylation is 1. The van der Waals surface area contributed by atoms with Gasteiger partial charge in [-0.1, -0.05) is 11.6 Å². The predicted octanol–water partition coefficient (Wildman–Crippen LogP) is 3.36. The highest BCUT2D eigenvalue weighted by molar-refractivity contribution is 9.10. The van der Waals surface area contributed by atoms with Gasteiger partial charge >= 0.3 is 0 Å². The van der Waals surface area contributed by atoms with Gasteiger partial charge in [0.25, 0.3) is 0 Å². The molecule has 1 nitrogen and oxygen atoms in total. The van der Waals surface area contributed by atoms with Gasteiger partial charge in [-0.2, -0.15) is 0 Å². The van der Waals surface area contributed by atoms with Crippen LogP contribution in [-0.4, -0.2) is 6.29 Å². The van der Waals surface area contributed by atoms with E-state index in [2.05, 4.69) is 15.9 Å². The third-order valence-electron chi connectivity index (χ3n) is 1.49. The highest BCUT2D eigenvalue weighted by Gasteiger charge is 2.12. The first-order valence-corrected chi connectivity index (χ1v) is 4.34. The van der Waals surface area contributed by atoms with Gasteiger partial charge in [-0.15, -0.1) is 0 Å². The summed E-state index contributed by atoms with van der Waals surface area (Å²) in [6.07, 6.45) is 0.412. The summed E-state index contributed by atoms with van der Waals surface area (Å²) in [7, 11) is 0. The van der Waals surface area contributed by atoms with Crippen molar-refractivity contribution in [3.8, 4) is 0 Å². The van der Waals surface area contributed by atoms with Crippen molar-refractivity contribution in [2.75, 3.05) is 0 Å². The number of carbonyl (C=O) groups is 1. The average Bonchev–Trinajstić information content (AvgIpc) is 2.02. The molecule has 0 radical (unpaired) electrons. The lowest BCUT2D eigenvalue weighted by Crippen LogP contribution is -1.93. The second kappa shape index (κ2) is 3.54. The molecule has 0 spiro atoms. The zero-order chi connectivity index (χ0) is 9.30. The maximum absolute atomic E-state index is 13.1. The molecule has 4 heteroatoms. The molecule has 0 bridgehead atoms. The molecule has 0 aliphatic heterocycles. The van der Waals surface area contributed by atoms with E-state index in [9.17, 15) is 9.18 Å². The van der Waals surface area contributed by atoms with Gasteiger partial charge in [0.15, 0.2) is 6.29 Å². The number of halogens is 3. The van der Waals surface area contributed by atoms with E-state index in [1.54, 1.807) is 6.92 Å². The van der Waals surface area contributed by atoms with Crippen LogP contribution in [0.1, 0.15) is 15.9 Å². The van der Waals surface area contributed by atoms with Crippen molar-refractivity contribution in [3.63, 3.8) is 0 Å². The summed E-state index contributed by atoms with van der Waals surface area (Å²) in [5.41, 5.74) is 0.579. The molecule has 0 aliphatic rings. The smallest absolute Gasteiger partial charge is 0.154 e. The SMILES string of the molecule is Cc1cc(Br)c(F)c(C=O)c1Cl. The number of hydrogen-bond acceptors (Lipinski definition) is 1. The predicted molar refractivity (Wildman–Crippen MR) is 49.2 cm³/mol. The first kappa shape index (κ1) is 9.68. The molecule has 0 amide bonds. The Morgan fingerprint density at radius 2 is 2.25 bits per heavy atom. The highest BCUT2D eigenvalue weighted by atomic mass is 79.9. The van der Waals surface area contributed by atoms with Gasteiger partial charge in [0.05, 0.1) is 15.1 Å². The second-order valence-electron chi connectivity index (χ2n) is 2.33. The molecule has 0 unspecified atom stereocenters. The summed E-state index contributed by atoms with van der Waals surface area (Å²) in [5, 5.41) is 0.172. The third-order valence-corrected chi connectivity index (χ3v) is 2.57. The Morgan fingerprint density at radius 1 is 1.67 bits per heavy atom. The maximum atomic E-state index is 13.1. The summed E-state index contributed by atoms with van der Waals surface area (Å²) in [6.45, 7) is 1.71. The van der Waals surface area contributed by atoms with E-state index < -0.39 is 5.82 Å². The average molecular weight is 251 g/mol. The van der Waals surface area contributed by atoms with E-state index in [-0.39, 0.29) is 15.1 Å². The van der Waals surface area contributed by atoms with Gasteiger partial charge < -0.3 is 0 Å². The van der Waals surface area contributed by atoms with Gasteiger partial charge in [0.2, 0.25) is 0 Å². The first-order chi connectivity index (χ1) is 5.57. The van der Waals surface area contributed by atoms with Crippen LogP contribution in [0.25, 0.3) is 0 Å². The largest absolute Gasteiger partial charge is 0.298 e. The normalized spacial score (nSPS) is 10.0. The van der Waals surface area contributed by atoms with Crippen LogP contribution >= 0.6 is 27.5 Å². The summed E-state index contributed by atoms with van der Waals surface area (Å²) in [5.74, 6) is -0.611. The minimum absolute atomic E-state index is 0.0939. The molecule has 0 fully saturated rings. The number of hydrogen-bond donors (Lipinski definition) is 0. The van der Waals surface area contributed by atoms with Crippen LogP contribution in [0.3, 0.4) is 0 Å². The molecule has 0 saturated heterocycles. The molecule has 1 aromatic carbocycles. The lowest BCUT2D eigenvalue weighted by Gasteiger charge is -2.03. The third kappa shape index (κ3) is 1.52. The van der Waals surface area contributed by atoms with Crippen LogP contribution in [0.15, 0.2) is 10.5 Å². The van der Waals surface area contributed by atoms with E-state index in [1.807, 2.05) is 0 Å². The zero-order valence-corrected chi connectivity index (χ0v) is 8.54. The maximum Gasteiger partial charge on any atom is 0.154 e. The molecule has 64 valence electrons. The Labute approximate surface area is 82.7 Å². The Kier molecular flexibility index (Phi) is 2.85. The molecule has 0 aliphatic carbocycles. The fourth-order valence-electron chi connectivity index (χ4n) is 0.858. The minimum Gasteiger partial charge on any atom is -0.298 e. The molecule has 12 heavy (non-hydrogen) atoms. The van der Waals surface area contributed by atoms with Crippen molar-refractivity contribution in [2.24, 2.45) is 0 Å². The Bertz CT molecular complexity index is 312. The van der Waals surface area contributed by atoms with Crippen LogP contribution in [-0.2, 0) is 0 Å².